The van der Waals surface area contributed by atoms with Crippen LogP contribution in [0.5, 0.6) is 0 Å². The first-order chi connectivity index (χ1) is 11.6. The lowest BCUT2D eigenvalue weighted by molar-refractivity contribution is -0.136. The van der Waals surface area contributed by atoms with Crippen LogP contribution in [-0.2, 0) is 16.0 Å². The molecule has 0 saturated carbocycles. The third-order valence-corrected chi connectivity index (χ3v) is 4.45. The zero-order chi connectivity index (χ0) is 18.8. The van der Waals surface area contributed by atoms with Gasteiger partial charge in [-0.1, -0.05) is 23.7 Å². The number of carboxylic acid groups (broad SMARTS) is 1. The van der Waals surface area contributed by atoms with Gasteiger partial charge >= 0.3 is 12.1 Å². The van der Waals surface area contributed by atoms with Crippen molar-refractivity contribution in [3.8, 4) is 11.3 Å². The monoisotopic (exact) mass is 382 g/mol. The molecule has 0 radical (unpaired) electrons. The van der Waals surface area contributed by atoms with Gasteiger partial charge in [-0.3, -0.25) is 9.69 Å². The van der Waals surface area contributed by atoms with E-state index in [0.29, 0.717) is 20.7 Å². The normalized spacial score (nSPS) is 11.2. The van der Waals surface area contributed by atoms with Crippen molar-refractivity contribution in [2.45, 2.75) is 32.8 Å². The molecular weight excluding hydrogens is 364 g/mol. The zero-order valence-corrected chi connectivity index (χ0v) is 15.9. The fraction of sp³-hybridized carbons (Fsp3) is 0.353. The molecule has 1 amide bonds. The van der Waals surface area contributed by atoms with E-state index in [1.54, 1.807) is 52.1 Å². The third kappa shape index (κ3) is 5.17. The molecule has 2 aromatic rings. The van der Waals surface area contributed by atoms with Crippen molar-refractivity contribution in [1.82, 2.24) is 4.98 Å². The van der Waals surface area contributed by atoms with Crippen molar-refractivity contribution in [2.24, 2.45) is 0 Å². The van der Waals surface area contributed by atoms with Crippen molar-refractivity contribution in [2.75, 3.05) is 11.9 Å². The Balaban J connectivity index is 2.38. The number of aliphatic carboxylic acids is 1. The number of rotatable bonds is 4. The Morgan fingerprint density at radius 2 is 1.88 bits per heavy atom. The van der Waals surface area contributed by atoms with Crippen LogP contribution in [0.15, 0.2) is 24.3 Å². The van der Waals surface area contributed by atoms with Gasteiger partial charge in [0.2, 0.25) is 0 Å². The predicted octanol–water partition coefficient (Wildman–Crippen LogP) is 4.46. The van der Waals surface area contributed by atoms with Gasteiger partial charge in [0.05, 0.1) is 12.1 Å². The summed E-state index contributed by atoms with van der Waals surface area (Å²) in [5, 5.41) is 10.1. The molecule has 0 aliphatic heterocycles. The van der Waals surface area contributed by atoms with Crippen molar-refractivity contribution in [1.29, 1.82) is 0 Å². The average Bonchev–Trinajstić information content (AvgIpc) is 2.88. The summed E-state index contributed by atoms with van der Waals surface area (Å²) in [6, 6.07) is 6.94. The van der Waals surface area contributed by atoms with Gasteiger partial charge in [0, 0.05) is 22.5 Å². The highest BCUT2D eigenvalue weighted by atomic mass is 35.5. The highest BCUT2D eigenvalue weighted by Gasteiger charge is 2.25. The topological polar surface area (TPSA) is 79.7 Å². The second-order valence-electron chi connectivity index (χ2n) is 6.38. The molecule has 0 spiro atoms. The van der Waals surface area contributed by atoms with E-state index in [4.69, 9.17) is 21.4 Å². The first kappa shape index (κ1) is 19.2. The molecule has 2 rings (SSSR count). The smallest absolute Gasteiger partial charge is 0.416 e. The molecular formula is C17H19ClN2O4S. The summed E-state index contributed by atoms with van der Waals surface area (Å²) < 4.78 is 5.33. The Morgan fingerprint density at radius 3 is 2.40 bits per heavy atom. The highest BCUT2D eigenvalue weighted by Crippen LogP contribution is 2.34. The average molecular weight is 383 g/mol. The van der Waals surface area contributed by atoms with Crippen LogP contribution < -0.4 is 4.90 Å². The molecule has 0 aliphatic rings. The van der Waals surface area contributed by atoms with Gasteiger partial charge in [-0.25, -0.2) is 9.78 Å². The van der Waals surface area contributed by atoms with Gasteiger partial charge in [0.15, 0.2) is 5.13 Å². The zero-order valence-electron chi connectivity index (χ0n) is 14.4. The van der Waals surface area contributed by atoms with Crippen LogP contribution >= 0.6 is 22.9 Å². The third-order valence-electron chi connectivity index (χ3n) is 3.07. The van der Waals surface area contributed by atoms with Crippen LogP contribution in [0.25, 0.3) is 11.3 Å². The van der Waals surface area contributed by atoms with E-state index in [0.717, 1.165) is 16.9 Å². The molecule has 0 unspecified atom stereocenters. The molecule has 0 saturated heterocycles. The number of carbonyl (C=O) groups is 2. The Morgan fingerprint density at radius 1 is 1.28 bits per heavy atom. The number of amides is 1. The molecule has 1 N–H and O–H groups in total. The molecule has 0 bridgehead atoms. The van der Waals surface area contributed by atoms with E-state index in [1.807, 2.05) is 0 Å². The number of nitrogens with zero attached hydrogens (tertiary/aromatic N) is 2. The predicted molar refractivity (Wildman–Crippen MR) is 98.5 cm³/mol. The summed E-state index contributed by atoms with van der Waals surface area (Å²) in [6.07, 6.45) is -0.733. The number of carbonyl (C=O) groups excluding carboxylic acids is 1. The quantitative estimate of drug-likeness (QED) is 0.844. The molecule has 25 heavy (non-hydrogen) atoms. The number of ether oxygens (including phenoxy) is 1. The van der Waals surface area contributed by atoms with Gasteiger partial charge < -0.3 is 9.84 Å². The largest absolute Gasteiger partial charge is 0.481 e. The lowest BCUT2D eigenvalue weighted by Crippen LogP contribution is -2.34. The summed E-state index contributed by atoms with van der Waals surface area (Å²) in [5.41, 5.74) is 0.626. The summed E-state index contributed by atoms with van der Waals surface area (Å²) in [7, 11) is 1.54. The number of hydrogen-bond acceptors (Lipinski definition) is 5. The molecule has 0 fully saturated rings. The fourth-order valence-corrected chi connectivity index (χ4v) is 3.13. The van der Waals surface area contributed by atoms with E-state index in [2.05, 4.69) is 4.98 Å². The first-order valence-electron chi connectivity index (χ1n) is 7.51. The van der Waals surface area contributed by atoms with Crippen LogP contribution in [0.2, 0.25) is 5.02 Å². The summed E-state index contributed by atoms with van der Waals surface area (Å²) >= 11 is 7.05. The van der Waals surface area contributed by atoms with E-state index in [1.165, 1.54) is 4.90 Å². The molecule has 6 nitrogen and oxygen atoms in total. The SMILES string of the molecule is CN(C(=O)OC(C)(C)C)c1nc(-c2ccc(Cl)cc2)c(CC(=O)O)s1. The van der Waals surface area contributed by atoms with Crippen molar-refractivity contribution < 1.29 is 19.4 Å². The van der Waals surface area contributed by atoms with Gasteiger partial charge in [-0.2, -0.15) is 0 Å². The molecule has 0 atom stereocenters. The van der Waals surface area contributed by atoms with E-state index < -0.39 is 17.7 Å². The minimum Gasteiger partial charge on any atom is -0.481 e. The summed E-state index contributed by atoms with van der Waals surface area (Å²) in [6.45, 7) is 5.32. The Hall–Kier alpha value is -2.12. The number of anilines is 1. The number of hydrogen-bond donors (Lipinski definition) is 1. The minimum atomic E-state index is -0.967. The molecule has 8 heteroatoms. The highest BCUT2D eigenvalue weighted by molar-refractivity contribution is 7.16. The van der Waals surface area contributed by atoms with Gasteiger partial charge in [0.25, 0.3) is 0 Å². The van der Waals surface area contributed by atoms with Crippen LogP contribution in [0, 0.1) is 0 Å². The fourth-order valence-electron chi connectivity index (χ4n) is 1.98. The van der Waals surface area contributed by atoms with Crippen molar-refractivity contribution >= 4 is 40.1 Å². The number of halogens is 1. The van der Waals surface area contributed by atoms with Gasteiger partial charge in [0.1, 0.15) is 5.60 Å². The standard InChI is InChI=1S/C17H19ClN2O4S/c1-17(2,3)24-16(23)20(4)15-19-14(12(25-15)9-13(21)22)10-5-7-11(18)8-6-10/h5-8H,9H2,1-4H3,(H,21,22). The van der Waals surface area contributed by atoms with Crippen LogP contribution in [-0.4, -0.2) is 34.8 Å². The number of thiazole rings is 1. The van der Waals surface area contributed by atoms with Crippen LogP contribution in [0.1, 0.15) is 25.6 Å². The molecule has 1 heterocycles. The maximum atomic E-state index is 12.2. The molecule has 134 valence electrons. The van der Waals surface area contributed by atoms with Crippen LogP contribution in [0.4, 0.5) is 9.93 Å². The molecule has 1 aromatic carbocycles. The maximum Gasteiger partial charge on any atom is 0.416 e. The summed E-state index contributed by atoms with van der Waals surface area (Å²) in [5.74, 6) is -0.967. The lowest BCUT2D eigenvalue weighted by Gasteiger charge is -2.23. The Bertz CT molecular complexity index is 781. The number of carboxylic acids is 1. The van der Waals surface area contributed by atoms with Gasteiger partial charge in [-0.15, -0.1) is 11.3 Å². The Kier molecular flexibility index (Phi) is 5.69. The van der Waals surface area contributed by atoms with Crippen molar-refractivity contribution in [3.63, 3.8) is 0 Å². The van der Waals surface area contributed by atoms with Crippen LogP contribution in [0.3, 0.4) is 0 Å². The van der Waals surface area contributed by atoms with Crippen molar-refractivity contribution in [3.05, 3.63) is 34.2 Å². The number of aromatic nitrogens is 1. The maximum absolute atomic E-state index is 12.2. The lowest BCUT2D eigenvalue weighted by atomic mass is 10.1. The second kappa shape index (κ2) is 7.41. The second-order valence-corrected chi connectivity index (χ2v) is 7.88. The number of benzene rings is 1. The molecule has 1 aromatic heterocycles. The van der Waals surface area contributed by atoms with E-state index in [9.17, 15) is 9.59 Å². The summed E-state index contributed by atoms with van der Waals surface area (Å²) in [4.78, 5) is 29.7. The van der Waals surface area contributed by atoms with E-state index >= 15 is 0 Å². The first-order valence-corrected chi connectivity index (χ1v) is 8.70. The van der Waals surface area contributed by atoms with E-state index in [-0.39, 0.29) is 6.42 Å². The minimum absolute atomic E-state index is 0.183. The Labute approximate surface area is 155 Å². The van der Waals surface area contributed by atoms with Gasteiger partial charge in [-0.05, 0) is 32.9 Å². The molecule has 0 aliphatic carbocycles.